The maximum Gasteiger partial charge on any atom is 0.0841 e. The molecule has 0 aliphatic carbocycles. The predicted molar refractivity (Wildman–Crippen MR) is 83.0 cm³/mol. The zero-order valence-corrected chi connectivity index (χ0v) is 11.9. The van der Waals surface area contributed by atoms with Gasteiger partial charge in [-0.3, -0.25) is 0 Å². The molecule has 0 radical (unpaired) electrons. The Morgan fingerprint density at radius 1 is 1.00 bits per heavy atom. The molecule has 0 unspecified atom stereocenters. The van der Waals surface area contributed by atoms with E-state index >= 15 is 0 Å². The summed E-state index contributed by atoms with van der Waals surface area (Å²) in [4.78, 5) is 0. The molecule has 1 nitrogen and oxygen atoms in total. The van der Waals surface area contributed by atoms with Crippen molar-refractivity contribution in [3.63, 3.8) is 0 Å². The van der Waals surface area contributed by atoms with Gasteiger partial charge < -0.3 is 4.57 Å². The third kappa shape index (κ3) is 2.72. The van der Waals surface area contributed by atoms with Crippen LogP contribution in [0.1, 0.15) is 5.56 Å². The normalized spacial score (nSPS) is 10.2. The van der Waals surface area contributed by atoms with Gasteiger partial charge in [-0.1, -0.05) is 46.0 Å². The van der Waals surface area contributed by atoms with Gasteiger partial charge in [-0.2, -0.15) is 0 Å². The molecule has 92 valence electrons. The van der Waals surface area contributed by atoms with E-state index in [-0.39, 0.29) is 0 Å². The topological polar surface area (TPSA) is 4.93 Å². The Morgan fingerprint density at radius 2 is 1.84 bits per heavy atom. The average molecular weight is 310 g/mol. The fourth-order valence-corrected chi connectivity index (χ4v) is 2.44. The zero-order valence-electron chi connectivity index (χ0n) is 10.3. The first-order valence-corrected chi connectivity index (χ1v) is 6.90. The third-order valence-corrected chi connectivity index (χ3v) is 3.48. The van der Waals surface area contributed by atoms with Crippen LogP contribution < -0.4 is 0 Å². The molecule has 0 saturated heterocycles. The molecule has 2 heteroatoms. The summed E-state index contributed by atoms with van der Waals surface area (Å²) in [5, 5.41) is 1.23. The summed E-state index contributed by atoms with van der Waals surface area (Å²) in [5.74, 6) is 6.39. The zero-order chi connectivity index (χ0) is 13.1. The highest BCUT2D eigenvalue weighted by atomic mass is 79.9. The van der Waals surface area contributed by atoms with Gasteiger partial charge in [0.2, 0.25) is 0 Å². The number of aromatic nitrogens is 1. The fourth-order valence-electron chi connectivity index (χ4n) is 2.06. The molecule has 0 atom stereocenters. The molecule has 0 aliphatic heterocycles. The lowest BCUT2D eigenvalue weighted by Crippen LogP contribution is -1.92. The minimum atomic E-state index is 0.708. The van der Waals surface area contributed by atoms with E-state index in [1.807, 2.05) is 30.3 Å². The van der Waals surface area contributed by atoms with Crippen LogP contribution in [0.25, 0.3) is 10.9 Å². The summed E-state index contributed by atoms with van der Waals surface area (Å²) in [7, 11) is 0. The highest BCUT2D eigenvalue weighted by Gasteiger charge is 1.99. The van der Waals surface area contributed by atoms with E-state index in [0.717, 1.165) is 10.0 Å². The number of nitrogens with zero attached hydrogens (tertiary/aromatic N) is 1. The van der Waals surface area contributed by atoms with Crippen LogP contribution in [-0.4, -0.2) is 4.57 Å². The Bertz CT molecular complexity index is 760. The molecule has 0 spiro atoms. The molecule has 0 saturated carbocycles. The Labute approximate surface area is 121 Å². The lowest BCUT2D eigenvalue weighted by atomic mass is 10.2. The van der Waals surface area contributed by atoms with Crippen molar-refractivity contribution in [2.24, 2.45) is 0 Å². The average Bonchev–Trinajstić information content (AvgIpc) is 2.82. The molecule has 1 aromatic heterocycles. The number of fused-ring (bicyclic) bond motifs is 1. The summed E-state index contributed by atoms with van der Waals surface area (Å²) in [6.07, 6.45) is 2.08. The molecule has 2 aromatic carbocycles. The van der Waals surface area contributed by atoms with Crippen LogP contribution in [0.5, 0.6) is 0 Å². The van der Waals surface area contributed by atoms with Crippen molar-refractivity contribution in [1.82, 2.24) is 4.57 Å². The van der Waals surface area contributed by atoms with Gasteiger partial charge in [0.25, 0.3) is 0 Å². The SMILES string of the molecule is Brc1ccc2c(ccn2CC#Cc2ccccc2)c1. The van der Waals surface area contributed by atoms with E-state index < -0.39 is 0 Å². The molecular formula is C17H12BrN. The molecule has 0 fully saturated rings. The van der Waals surface area contributed by atoms with E-state index in [0.29, 0.717) is 6.54 Å². The van der Waals surface area contributed by atoms with E-state index in [9.17, 15) is 0 Å². The molecule has 19 heavy (non-hydrogen) atoms. The van der Waals surface area contributed by atoms with Crippen LogP contribution in [0, 0.1) is 11.8 Å². The predicted octanol–water partition coefficient (Wildman–Crippen LogP) is 4.46. The maximum atomic E-state index is 3.49. The van der Waals surface area contributed by atoms with Crippen molar-refractivity contribution in [1.29, 1.82) is 0 Å². The standard InChI is InChI=1S/C17H12BrN/c18-16-8-9-17-15(13-16)10-12-19(17)11-4-7-14-5-2-1-3-6-14/h1-3,5-6,8-10,12-13H,11H2. The number of halogens is 1. The van der Waals surface area contributed by atoms with E-state index in [4.69, 9.17) is 0 Å². The first-order chi connectivity index (χ1) is 9.33. The van der Waals surface area contributed by atoms with Crippen LogP contribution in [0.3, 0.4) is 0 Å². The lowest BCUT2D eigenvalue weighted by Gasteiger charge is -1.99. The van der Waals surface area contributed by atoms with Crippen LogP contribution in [0.4, 0.5) is 0 Å². The molecule has 3 aromatic rings. The number of hydrogen-bond donors (Lipinski definition) is 0. The summed E-state index contributed by atoms with van der Waals surface area (Å²) in [5.41, 5.74) is 2.27. The first kappa shape index (κ1) is 12.1. The Morgan fingerprint density at radius 3 is 2.68 bits per heavy atom. The second-order valence-electron chi connectivity index (χ2n) is 4.31. The summed E-state index contributed by atoms with van der Waals surface area (Å²) in [6.45, 7) is 0.708. The number of benzene rings is 2. The summed E-state index contributed by atoms with van der Waals surface area (Å²) >= 11 is 3.49. The van der Waals surface area contributed by atoms with Crippen molar-refractivity contribution >= 4 is 26.8 Å². The van der Waals surface area contributed by atoms with Crippen molar-refractivity contribution < 1.29 is 0 Å². The Hall–Kier alpha value is -1.98. The van der Waals surface area contributed by atoms with Gasteiger partial charge in [0.05, 0.1) is 6.54 Å². The number of rotatable bonds is 1. The highest BCUT2D eigenvalue weighted by molar-refractivity contribution is 9.10. The van der Waals surface area contributed by atoms with Crippen LogP contribution >= 0.6 is 15.9 Å². The second kappa shape index (κ2) is 5.34. The smallest absolute Gasteiger partial charge is 0.0841 e. The van der Waals surface area contributed by atoms with Gasteiger partial charge in [-0.25, -0.2) is 0 Å². The molecule has 0 amide bonds. The van der Waals surface area contributed by atoms with Gasteiger partial charge in [0, 0.05) is 27.1 Å². The van der Waals surface area contributed by atoms with Crippen LogP contribution in [0.2, 0.25) is 0 Å². The van der Waals surface area contributed by atoms with Gasteiger partial charge in [-0.15, -0.1) is 0 Å². The van der Waals surface area contributed by atoms with Crippen molar-refractivity contribution in [2.75, 3.05) is 0 Å². The molecule has 1 heterocycles. The first-order valence-electron chi connectivity index (χ1n) is 6.11. The van der Waals surface area contributed by atoms with Gasteiger partial charge >= 0.3 is 0 Å². The van der Waals surface area contributed by atoms with Crippen molar-refractivity contribution in [2.45, 2.75) is 6.54 Å². The van der Waals surface area contributed by atoms with Gasteiger partial charge in [-0.05, 0) is 36.4 Å². The molecular weight excluding hydrogens is 298 g/mol. The largest absolute Gasteiger partial charge is 0.336 e. The molecule has 3 rings (SSSR count). The van der Waals surface area contributed by atoms with Crippen molar-refractivity contribution in [3.05, 3.63) is 70.8 Å². The Balaban J connectivity index is 1.85. The van der Waals surface area contributed by atoms with Gasteiger partial charge in [0.15, 0.2) is 0 Å². The third-order valence-electron chi connectivity index (χ3n) is 2.99. The summed E-state index contributed by atoms with van der Waals surface area (Å²) < 4.78 is 3.27. The minimum absolute atomic E-state index is 0.708. The van der Waals surface area contributed by atoms with Crippen LogP contribution in [-0.2, 0) is 6.54 Å². The fraction of sp³-hybridized carbons (Fsp3) is 0.0588. The van der Waals surface area contributed by atoms with E-state index in [1.54, 1.807) is 0 Å². The van der Waals surface area contributed by atoms with Gasteiger partial charge in [0.1, 0.15) is 0 Å². The lowest BCUT2D eigenvalue weighted by molar-refractivity contribution is 0.886. The molecule has 0 aliphatic rings. The van der Waals surface area contributed by atoms with E-state index in [1.165, 1.54) is 10.9 Å². The minimum Gasteiger partial charge on any atom is -0.336 e. The highest BCUT2D eigenvalue weighted by Crippen LogP contribution is 2.20. The molecule has 0 bridgehead atoms. The second-order valence-corrected chi connectivity index (χ2v) is 5.23. The Kier molecular flexibility index (Phi) is 3.39. The molecule has 0 N–H and O–H groups in total. The van der Waals surface area contributed by atoms with Crippen molar-refractivity contribution in [3.8, 4) is 11.8 Å². The quantitative estimate of drug-likeness (QED) is 0.585. The number of hydrogen-bond acceptors (Lipinski definition) is 0. The monoisotopic (exact) mass is 309 g/mol. The summed E-state index contributed by atoms with van der Waals surface area (Å²) in [6, 6.07) is 18.5. The van der Waals surface area contributed by atoms with E-state index in [2.05, 4.69) is 62.8 Å². The van der Waals surface area contributed by atoms with Crippen LogP contribution in [0.15, 0.2) is 65.3 Å². The maximum absolute atomic E-state index is 3.49.